The number of piperazine rings is 1. The molecule has 2 rings (SSSR count). The highest BCUT2D eigenvalue weighted by molar-refractivity contribution is 7.99. The Morgan fingerprint density at radius 2 is 2.03 bits per heavy atom. The molecule has 168 valence electrons. The maximum atomic E-state index is 12.4. The number of rotatable bonds is 9. The van der Waals surface area contributed by atoms with Crippen molar-refractivity contribution in [2.75, 3.05) is 30.3 Å². The van der Waals surface area contributed by atoms with Crippen LogP contribution in [-0.2, 0) is 9.59 Å². The van der Waals surface area contributed by atoms with Gasteiger partial charge in [0.05, 0.1) is 5.75 Å². The van der Waals surface area contributed by atoms with Crippen molar-refractivity contribution in [3.05, 3.63) is 11.2 Å². The van der Waals surface area contributed by atoms with Gasteiger partial charge in [-0.1, -0.05) is 50.6 Å². The lowest BCUT2D eigenvalue weighted by molar-refractivity contribution is -0.133. The summed E-state index contributed by atoms with van der Waals surface area (Å²) < 4.78 is 0. The quantitative estimate of drug-likeness (QED) is 0.348. The summed E-state index contributed by atoms with van der Waals surface area (Å²) in [4.78, 5) is 37.5. The standard InChI is InChI=1S/C21H34ClN5O2S/c1-6-7-8-20(29)27-10-9-26(12-15(27)4)18-11-17(22)24-21(25-18)30-13-19(28)23-16(5)14(2)3/h11,14-16H,6-10,12-13H2,1-5H3,(H,23,28). The molecule has 1 aliphatic rings. The summed E-state index contributed by atoms with van der Waals surface area (Å²) in [7, 11) is 0. The minimum absolute atomic E-state index is 0.0425. The number of halogens is 1. The number of hydrogen-bond acceptors (Lipinski definition) is 6. The maximum absolute atomic E-state index is 12.4. The number of hydrogen-bond donors (Lipinski definition) is 1. The first kappa shape index (κ1) is 24.7. The van der Waals surface area contributed by atoms with Crippen molar-refractivity contribution in [3.63, 3.8) is 0 Å². The molecule has 0 aromatic carbocycles. The Labute approximate surface area is 189 Å². The zero-order chi connectivity index (χ0) is 22.3. The van der Waals surface area contributed by atoms with Crippen LogP contribution in [0.15, 0.2) is 11.2 Å². The second kappa shape index (κ2) is 11.7. The van der Waals surface area contributed by atoms with Crippen LogP contribution in [0, 0.1) is 5.92 Å². The topological polar surface area (TPSA) is 78.4 Å². The Kier molecular flexibility index (Phi) is 9.68. The number of amides is 2. The first-order valence-corrected chi connectivity index (χ1v) is 12.1. The molecule has 0 radical (unpaired) electrons. The monoisotopic (exact) mass is 455 g/mol. The van der Waals surface area contributed by atoms with Crippen molar-refractivity contribution < 1.29 is 9.59 Å². The molecule has 9 heteroatoms. The van der Waals surface area contributed by atoms with E-state index in [1.54, 1.807) is 6.07 Å². The van der Waals surface area contributed by atoms with Gasteiger partial charge in [0.25, 0.3) is 0 Å². The molecule has 2 unspecified atom stereocenters. The molecule has 2 amide bonds. The first-order valence-electron chi connectivity index (χ1n) is 10.7. The Hall–Kier alpha value is -1.54. The van der Waals surface area contributed by atoms with Gasteiger partial charge in [-0.3, -0.25) is 9.59 Å². The smallest absolute Gasteiger partial charge is 0.230 e. The Bertz CT molecular complexity index is 733. The summed E-state index contributed by atoms with van der Waals surface area (Å²) in [5.41, 5.74) is 0. The number of unbranched alkanes of at least 4 members (excludes halogenated alkanes) is 1. The van der Waals surface area contributed by atoms with Crippen molar-refractivity contribution in [2.45, 2.75) is 71.1 Å². The van der Waals surface area contributed by atoms with E-state index in [2.05, 4.69) is 47.9 Å². The first-order chi connectivity index (χ1) is 14.2. The number of carbonyl (C=O) groups excluding carboxylic acids is 2. The molecule has 30 heavy (non-hydrogen) atoms. The average molecular weight is 456 g/mol. The minimum Gasteiger partial charge on any atom is -0.353 e. The molecule has 1 saturated heterocycles. The van der Waals surface area contributed by atoms with Gasteiger partial charge in [0.2, 0.25) is 11.8 Å². The van der Waals surface area contributed by atoms with Gasteiger partial charge in [0.1, 0.15) is 11.0 Å². The molecule has 0 aliphatic carbocycles. The summed E-state index contributed by atoms with van der Waals surface area (Å²) in [5.74, 6) is 1.54. The van der Waals surface area contributed by atoms with Gasteiger partial charge in [0.15, 0.2) is 5.16 Å². The van der Waals surface area contributed by atoms with Crippen LogP contribution in [0.5, 0.6) is 0 Å². The predicted octanol–water partition coefficient (Wildman–Crippen LogP) is 3.61. The van der Waals surface area contributed by atoms with Crippen molar-refractivity contribution in [1.82, 2.24) is 20.2 Å². The minimum atomic E-state index is -0.0425. The van der Waals surface area contributed by atoms with Gasteiger partial charge < -0.3 is 15.1 Å². The van der Waals surface area contributed by atoms with Gasteiger partial charge in [0, 0.05) is 44.2 Å². The molecule has 1 fully saturated rings. The number of thioether (sulfide) groups is 1. The van der Waals surface area contributed by atoms with E-state index in [0.717, 1.165) is 18.7 Å². The van der Waals surface area contributed by atoms with E-state index < -0.39 is 0 Å². The molecule has 1 aliphatic heterocycles. The normalized spacial score (nSPS) is 17.9. The second-order valence-corrected chi connectivity index (χ2v) is 9.54. The highest BCUT2D eigenvalue weighted by Crippen LogP contribution is 2.24. The lowest BCUT2D eigenvalue weighted by Crippen LogP contribution is -2.54. The van der Waals surface area contributed by atoms with Gasteiger partial charge >= 0.3 is 0 Å². The highest BCUT2D eigenvalue weighted by atomic mass is 35.5. The molecule has 1 aromatic rings. The molecule has 0 bridgehead atoms. The van der Waals surface area contributed by atoms with Crippen molar-refractivity contribution in [1.29, 1.82) is 0 Å². The van der Waals surface area contributed by atoms with Crippen molar-refractivity contribution >= 4 is 41.0 Å². The zero-order valence-electron chi connectivity index (χ0n) is 18.7. The maximum Gasteiger partial charge on any atom is 0.230 e. The fourth-order valence-corrected chi connectivity index (χ4v) is 4.10. The van der Waals surface area contributed by atoms with Gasteiger partial charge in [-0.2, -0.15) is 0 Å². The molecule has 2 heterocycles. The summed E-state index contributed by atoms with van der Waals surface area (Å²) in [5, 5.41) is 3.82. The van der Waals surface area contributed by atoms with E-state index in [0.29, 0.717) is 42.3 Å². The lowest BCUT2D eigenvalue weighted by atomic mass is 10.1. The summed E-state index contributed by atoms with van der Waals surface area (Å²) in [6.07, 6.45) is 2.56. The number of nitrogens with zero attached hydrogens (tertiary/aromatic N) is 4. The largest absolute Gasteiger partial charge is 0.353 e. The summed E-state index contributed by atoms with van der Waals surface area (Å²) in [6, 6.07) is 1.97. The van der Waals surface area contributed by atoms with Gasteiger partial charge in [-0.25, -0.2) is 9.97 Å². The third-order valence-corrected chi connectivity index (χ3v) is 6.44. The molecular weight excluding hydrogens is 422 g/mol. The fraction of sp³-hybridized carbons (Fsp3) is 0.714. The van der Waals surface area contributed by atoms with Crippen LogP contribution >= 0.6 is 23.4 Å². The van der Waals surface area contributed by atoms with E-state index in [1.165, 1.54) is 11.8 Å². The Balaban J connectivity index is 1.97. The second-order valence-electron chi connectivity index (χ2n) is 8.21. The Morgan fingerprint density at radius 3 is 2.67 bits per heavy atom. The third kappa shape index (κ3) is 7.30. The fourth-order valence-electron chi connectivity index (χ4n) is 3.21. The third-order valence-electron chi connectivity index (χ3n) is 5.40. The van der Waals surface area contributed by atoms with Crippen LogP contribution in [0.4, 0.5) is 5.82 Å². The van der Waals surface area contributed by atoms with Gasteiger partial charge in [-0.15, -0.1) is 0 Å². The van der Waals surface area contributed by atoms with Crippen LogP contribution in [0.2, 0.25) is 5.15 Å². The van der Waals surface area contributed by atoms with E-state index in [-0.39, 0.29) is 29.7 Å². The number of nitrogens with one attached hydrogen (secondary N) is 1. The molecule has 7 nitrogen and oxygen atoms in total. The van der Waals surface area contributed by atoms with Gasteiger partial charge in [-0.05, 0) is 26.2 Å². The van der Waals surface area contributed by atoms with Crippen LogP contribution in [-0.4, -0.2) is 64.2 Å². The summed E-state index contributed by atoms with van der Waals surface area (Å²) >= 11 is 7.51. The van der Waals surface area contributed by atoms with E-state index in [9.17, 15) is 9.59 Å². The highest BCUT2D eigenvalue weighted by Gasteiger charge is 2.28. The number of aromatic nitrogens is 2. The number of carbonyl (C=O) groups is 2. The van der Waals surface area contributed by atoms with E-state index in [4.69, 9.17) is 11.6 Å². The molecule has 1 aromatic heterocycles. The zero-order valence-corrected chi connectivity index (χ0v) is 20.2. The predicted molar refractivity (Wildman–Crippen MR) is 123 cm³/mol. The molecule has 1 N–H and O–H groups in total. The van der Waals surface area contributed by atoms with Crippen LogP contribution < -0.4 is 10.2 Å². The average Bonchev–Trinajstić information content (AvgIpc) is 2.69. The summed E-state index contributed by atoms with van der Waals surface area (Å²) in [6.45, 7) is 12.4. The Morgan fingerprint density at radius 1 is 1.30 bits per heavy atom. The van der Waals surface area contributed by atoms with Crippen LogP contribution in [0.1, 0.15) is 53.9 Å². The van der Waals surface area contributed by atoms with Crippen molar-refractivity contribution in [2.24, 2.45) is 5.92 Å². The SMILES string of the molecule is CCCCC(=O)N1CCN(c2cc(Cl)nc(SCC(=O)NC(C)C(C)C)n2)CC1C. The molecular formula is C21H34ClN5O2S. The van der Waals surface area contributed by atoms with E-state index >= 15 is 0 Å². The molecule has 0 spiro atoms. The van der Waals surface area contributed by atoms with Crippen LogP contribution in [0.3, 0.4) is 0 Å². The molecule has 0 saturated carbocycles. The number of anilines is 1. The molecule has 2 atom stereocenters. The van der Waals surface area contributed by atoms with Crippen LogP contribution in [0.25, 0.3) is 0 Å². The van der Waals surface area contributed by atoms with E-state index in [1.807, 2.05) is 11.8 Å². The lowest BCUT2D eigenvalue weighted by Gasteiger charge is -2.40. The van der Waals surface area contributed by atoms with Crippen molar-refractivity contribution in [3.8, 4) is 0 Å².